The molecule has 0 spiro atoms. The molecule has 0 aliphatic heterocycles. The average molecular weight is 342 g/mol. The van der Waals surface area contributed by atoms with Crippen molar-refractivity contribution in [3.05, 3.63) is 62.6 Å². The SMILES string of the molecule is COc1ccc(C)cc1C(O)c1ccc(Br)c(Cl)c1. The molecule has 0 aliphatic rings. The van der Waals surface area contributed by atoms with Crippen LogP contribution < -0.4 is 4.74 Å². The second kappa shape index (κ2) is 5.95. The molecule has 2 aromatic carbocycles. The van der Waals surface area contributed by atoms with E-state index >= 15 is 0 Å². The summed E-state index contributed by atoms with van der Waals surface area (Å²) in [6, 6.07) is 11.1. The van der Waals surface area contributed by atoms with Gasteiger partial charge in [-0.3, -0.25) is 0 Å². The van der Waals surface area contributed by atoms with Crippen LogP contribution in [0.3, 0.4) is 0 Å². The Morgan fingerprint density at radius 1 is 1.21 bits per heavy atom. The van der Waals surface area contributed by atoms with E-state index in [-0.39, 0.29) is 0 Å². The molecular formula is C15H14BrClO2. The van der Waals surface area contributed by atoms with Gasteiger partial charge in [-0.25, -0.2) is 0 Å². The normalized spacial score (nSPS) is 12.3. The fraction of sp³-hybridized carbons (Fsp3) is 0.200. The molecule has 0 radical (unpaired) electrons. The molecule has 0 bridgehead atoms. The first kappa shape index (κ1) is 14.4. The Morgan fingerprint density at radius 3 is 2.58 bits per heavy atom. The summed E-state index contributed by atoms with van der Waals surface area (Å²) in [7, 11) is 1.59. The van der Waals surface area contributed by atoms with Crippen LogP contribution in [0, 0.1) is 6.92 Å². The van der Waals surface area contributed by atoms with Crippen molar-refractivity contribution in [2.45, 2.75) is 13.0 Å². The van der Waals surface area contributed by atoms with Gasteiger partial charge in [-0.2, -0.15) is 0 Å². The smallest absolute Gasteiger partial charge is 0.125 e. The summed E-state index contributed by atoms with van der Waals surface area (Å²) >= 11 is 9.40. The number of benzene rings is 2. The lowest BCUT2D eigenvalue weighted by molar-refractivity contribution is 0.214. The van der Waals surface area contributed by atoms with Crippen LogP contribution in [0.15, 0.2) is 40.9 Å². The van der Waals surface area contributed by atoms with Gasteiger partial charge in [-0.15, -0.1) is 0 Å². The van der Waals surface area contributed by atoms with Crippen LogP contribution in [0.4, 0.5) is 0 Å². The van der Waals surface area contributed by atoms with E-state index in [1.165, 1.54) is 0 Å². The van der Waals surface area contributed by atoms with Gasteiger partial charge in [0.25, 0.3) is 0 Å². The molecule has 0 amide bonds. The van der Waals surface area contributed by atoms with E-state index in [2.05, 4.69) is 15.9 Å². The highest BCUT2D eigenvalue weighted by Crippen LogP contribution is 2.33. The molecule has 1 atom stereocenters. The Labute approximate surface area is 126 Å². The average Bonchev–Trinajstić information content (AvgIpc) is 2.41. The van der Waals surface area contributed by atoms with Gasteiger partial charge in [0.15, 0.2) is 0 Å². The summed E-state index contributed by atoms with van der Waals surface area (Å²) in [4.78, 5) is 0. The Hall–Kier alpha value is -1.03. The van der Waals surface area contributed by atoms with Crippen LogP contribution in [0.25, 0.3) is 0 Å². The summed E-state index contributed by atoms with van der Waals surface area (Å²) < 4.78 is 6.10. The largest absolute Gasteiger partial charge is 0.496 e. The van der Waals surface area contributed by atoms with Crippen LogP contribution in [-0.4, -0.2) is 12.2 Å². The first-order valence-electron chi connectivity index (χ1n) is 5.80. The third-order valence-electron chi connectivity index (χ3n) is 2.94. The standard InChI is InChI=1S/C15H14BrClO2/c1-9-3-6-14(19-2)11(7-9)15(18)10-4-5-12(16)13(17)8-10/h3-8,15,18H,1-2H3. The topological polar surface area (TPSA) is 29.5 Å². The number of aryl methyl sites for hydroxylation is 1. The van der Waals surface area contributed by atoms with Crippen LogP contribution >= 0.6 is 27.5 Å². The predicted octanol–water partition coefficient (Wildman–Crippen LogP) is 4.50. The number of ether oxygens (including phenoxy) is 1. The van der Waals surface area contributed by atoms with Crippen LogP contribution in [-0.2, 0) is 0 Å². The molecule has 0 aromatic heterocycles. The Bertz CT molecular complexity index is 599. The minimum absolute atomic E-state index is 0.572. The van der Waals surface area contributed by atoms with E-state index in [4.69, 9.17) is 16.3 Å². The van der Waals surface area contributed by atoms with Gasteiger partial charge < -0.3 is 9.84 Å². The molecule has 2 aromatic rings. The molecule has 1 unspecified atom stereocenters. The summed E-state index contributed by atoms with van der Waals surface area (Å²) in [5.41, 5.74) is 2.54. The maximum atomic E-state index is 10.5. The molecule has 1 N–H and O–H groups in total. The van der Waals surface area contributed by atoms with Gasteiger partial charge >= 0.3 is 0 Å². The minimum atomic E-state index is -0.763. The summed E-state index contributed by atoms with van der Waals surface area (Å²) in [5, 5.41) is 11.1. The highest BCUT2D eigenvalue weighted by Gasteiger charge is 2.16. The zero-order valence-electron chi connectivity index (χ0n) is 10.7. The number of methoxy groups -OCH3 is 1. The number of rotatable bonds is 3. The van der Waals surface area contributed by atoms with Crippen molar-refractivity contribution in [1.82, 2.24) is 0 Å². The van der Waals surface area contributed by atoms with Crippen LogP contribution in [0.2, 0.25) is 5.02 Å². The lowest BCUT2D eigenvalue weighted by Crippen LogP contribution is -2.03. The van der Waals surface area contributed by atoms with Gasteiger partial charge in [-0.1, -0.05) is 29.3 Å². The molecule has 0 heterocycles. The molecule has 100 valence electrons. The maximum absolute atomic E-state index is 10.5. The summed E-state index contributed by atoms with van der Waals surface area (Å²) in [6.07, 6.45) is -0.763. The van der Waals surface area contributed by atoms with Gasteiger partial charge in [0.05, 0.1) is 12.1 Å². The number of hydrogen-bond donors (Lipinski definition) is 1. The second-order valence-electron chi connectivity index (χ2n) is 4.32. The van der Waals surface area contributed by atoms with Crippen molar-refractivity contribution in [3.63, 3.8) is 0 Å². The van der Waals surface area contributed by atoms with Crippen molar-refractivity contribution < 1.29 is 9.84 Å². The molecule has 0 aliphatic carbocycles. The molecule has 2 rings (SSSR count). The number of aliphatic hydroxyl groups is 1. The molecule has 0 saturated carbocycles. The van der Waals surface area contributed by atoms with E-state index in [1.807, 2.05) is 37.3 Å². The molecule has 0 saturated heterocycles. The van der Waals surface area contributed by atoms with E-state index in [9.17, 15) is 5.11 Å². The van der Waals surface area contributed by atoms with E-state index < -0.39 is 6.10 Å². The molecule has 19 heavy (non-hydrogen) atoms. The van der Waals surface area contributed by atoms with Crippen LogP contribution in [0.5, 0.6) is 5.75 Å². The molecule has 2 nitrogen and oxygen atoms in total. The quantitative estimate of drug-likeness (QED) is 0.890. The number of halogens is 2. The van der Waals surface area contributed by atoms with Crippen LogP contribution in [0.1, 0.15) is 22.8 Å². The van der Waals surface area contributed by atoms with Crippen molar-refractivity contribution in [1.29, 1.82) is 0 Å². The zero-order valence-corrected chi connectivity index (χ0v) is 13.0. The highest BCUT2D eigenvalue weighted by molar-refractivity contribution is 9.10. The van der Waals surface area contributed by atoms with Crippen molar-refractivity contribution in [2.24, 2.45) is 0 Å². The summed E-state index contributed by atoms with van der Waals surface area (Å²) in [5.74, 6) is 0.664. The van der Waals surface area contributed by atoms with E-state index in [0.29, 0.717) is 10.8 Å². The third kappa shape index (κ3) is 3.11. The highest BCUT2D eigenvalue weighted by atomic mass is 79.9. The van der Waals surface area contributed by atoms with Gasteiger partial charge in [0.2, 0.25) is 0 Å². The van der Waals surface area contributed by atoms with Crippen molar-refractivity contribution in [3.8, 4) is 5.75 Å². The first-order valence-corrected chi connectivity index (χ1v) is 6.97. The van der Waals surface area contributed by atoms with Gasteiger partial charge in [0, 0.05) is 10.0 Å². The lowest BCUT2D eigenvalue weighted by atomic mass is 9.99. The number of aliphatic hydroxyl groups excluding tert-OH is 1. The Kier molecular flexibility index (Phi) is 4.50. The first-order chi connectivity index (χ1) is 9.02. The van der Waals surface area contributed by atoms with E-state index in [1.54, 1.807) is 13.2 Å². The summed E-state index contributed by atoms with van der Waals surface area (Å²) in [6.45, 7) is 1.98. The second-order valence-corrected chi connectivity index (χ2v) is 5.58. The fourth-order valence-corrected chi connectivity index (χ4v) is 2.37. The third-order valence-corrected chi connectivity index (χ3v) is 4.17. The van der Waals surface area contributed by atoms with E-state index in [0.717, 1.165) is 21.2 Å². The number of hydrogen-bond acceptors (Lipinski definition) is 2. The zero-order chi connectivity index (χ0) is 14.0. The molecule has 0 fully saturated rings. The van der Waals surface area contributed by atoms with Gasteiger partial charge in [-0.05, 0) is 52.7 Å². The van der Waals surface area contributed by atoms with Crippen molar-refractivity contribution in [2.75, 3.05) is 7.11 Å². The van der Waals surface area contributed by atoms with Crippen molar-refractivity contribution >= 4 is 27.5 Å². The Morgan fingerprint density at radius 2 is 1.95 bits per heavy atom. The lowest BCUT2D eigenvalue weighted by Gasteiger charge is -2.16. The predicted molar refractivity (Wildman–Crippen MR) is 80.9 cm³/mol. The maximum Gasteiger partial charge on any atom is 0.125 e. The molecule has 4 heteroatoms. The minimum Gasteiger partial charge on any atom is -0.496 e. The monoisotopic (exact) mass is 340 g/mol. The fourth-order valence-electron chi connectivity index (χ4n) is 1.93. The Balaban J connectivity index is 2.45. The molecular weight excluding hydrogens is 328 g/mol. The van der Waals surface area contributed by atoms with Gasteiger partial charge in [0.1, 0.15) is 11.9 Å².